The number of halogens is 1. The molecule has 1 aromatic heterocycles. The van der Waals surface area contributed by atoms with Crippen LogP contribution in [0.3, 0.4) is 0 Å². The summed E-state index contributed by atoms with van der Waals surface area (Å²) in [7, 11) is 0. The van der Waals surface area contributed by atoms with Crippen molar-refractivity contribution in [2.24, 2.45) is 0 Å². The van der Waals surface area contributed by atoms with Gasteiger partial charge in [-0.2, -0.15) is 0 Å². The third-order valence-corrected chi connectivity index (χ3v) is 3.30. The molecule has 21 heavy (non-hydrogen) atoms. The minimum absolute atomic E-state index is 0.322. The van der Waals surface area contributed by atoms with E-state index in [9.17, 15) is 4.39 Å². The Kier molecular flexibility index (Phi) is 5.09. The summed E-state index contributed by atoms with van der Waals surface area (Å²) in [4.78, 5) is 10.1. The van der Waals surface area contributed by atoms with Crippen molar-refractivity contribution in [3.63, 3.8) is 0 Å². The molecule has 4 nitrogen and oxygen atoms in total. The molecule has 0 spiro atoms. The lowest BCUT2D eigenvalue weighted by Gasteiger charge is -2.24. The van der Waals surface area contributed by atoms with Gasteiger partial charge < -0.3 is 10.6 Å². The average molecular weight is 288 g/mol. The Morgan fingerprint density at radius 1 is 1.24 bits per heavy atom. The fraction of sp³-hybridized carbons (Fsp3) is 0.375. The van der Waals surface area contributed by atoms with Gasteiger partial charge in [0, 0.05) is 18.8 Å². The molecule has 0 aliphatic rings. The van der Waals surface area contributed by atoms with Gasteiger partial charge in [-0.15, -0.1) is 0 Å². The van der Waals surface area contributed by atoms with Crippen LogP contribution < -0.4 is 10.6 Å². The van der Waals surface area contributed by atoms with Crippen molar-refractivity contribution in [3.05, 3.63) is 47.7 Å². The van der Waals surface area contributed by atoms with Gasteiger partial charge in [-0.25, -0.2) is 14.4 Å². The van der Waals surface area contributed by atoms with Gasteiger partial charge in [0.2, 0.25) is 0 Å². The lowest BCUT2D eigenvalue weighted by atomic mass is 10.2. The molecule has 0 saturated heterocycles. The van der Waals surface area contributed by atoms with Gasteiger partial charge in [-0.1, -0.05) is 26.0 Å². The Bertz CT molecular complexity index is 601. The van der Waals surface area contributed by atoms with Crippen LogP contribution >= 0.6 is 0 Å². The highest BCUT2D eigenvalue weighted by molar-refractivity contribution is 5.45. The van der Waals surface area contributed by atoms with Crippen LogP contribution in [0.4, 0.5) is 15.9 Å². The maximum atomic E-state index is 14.4. The molecule has 0 atom stereocenters. The first kappa shape index (κ1) is 15.2. The van der Waals surface area contributed by atoms with Crippen LogP contribution in [0.2, 0.25) is 0 Å². The first-order chi connectivity index (χ1) is 10.2. The predicted octanol–water partition coefficient (Wildman–Crippen LogP) is 3.18. The van der Waals surface area contributed by atoms with Crippen LogP contribution in [0, 0.1) is 5.82 Å². The van der Waals surface area contributed by atoms with E-state index in [0.717, 1.165) is 18.5 Å². The fourth-order valence-corrected chi connectivity index (χ4v) is 2.30. The molecule has 0 radical (unpaired) electrons. The Balaban J connectivity index is 2.31. The van der Waals surface area contributed by atoms with Crippen LogP contribution in [0.15, 0.2) is 30.6 Å². The Labute approximate surface area is 124 Å². The molecular formula is C16H21FN4. The summed E-state index contributed by atoms with van der Waals surface area (Å²) in [5, 5.41) is 0. The van der Waals surface area contributed by atoms with E-state index in [0.29, 0.717) is 30.2 Å². The Morgan fingerprint density at radius 3 is 2.71 bits per heavy atom. The molecule has 0 fully saturated rings. The molecule has 2 N–H and O–H groups in total. The summed E-state index contributed by atoms with van der Waals surface area (Å²) in [5.41, 5.74) is 8.01. The maximum Gasteiger partial charge on any atom is 0.187 e. The fourth-order valence-electron chi connectivity index (χ4n) is 2.30. The van der Waals surface area contributed by atoms with Crippen LogP contribution in [-0.2, 0) is 13.0 Å². The molecule has 112 valence electrons. The van der Waals surface area contributed by atoms with E-state index in [1.165, 1.54) is 6.33 Å². The van der Waals surface area contributed by atoms with E-state index >= 15 is 0 Å². The van der Waals surface area contributed by atoms with E-state index in [4.69, 9.17) is 5.73 Å². The lowest BCUT2D eigenvalue weighted by molar-refractivity contribution is 0.580. The van der Waals surface area contributed by atoms with Gasteiger partial charge in [-0.05, 0) is 30.5 Å². The molecule has 0 aliphatic carbocycles. The van der Waals surface area contributed by atoms with E-state index in [1.807, 2.05) is 36.1 Å². The van der Waals surface area contributed by atoms with E-state index in [-0.39, 0.29) is 5.82 Å². The summed E-state index contributed by atoms with van der Waals surface area (Å²) >= 11 is 0. The highest BCUT2D eigenvalue weighted by Crippen LogP contribution is 2.21. The second-order valence-electron chi connectivity index (χ2n) is 4.98. The van der Waals surface area contributed by atoms with Crippen molar-refractivity contribution >= 4 is 11.5 Å². The number of nitrogen functional groups attached to an aromatic ring is 1. The van der Waals surface area contributed by atoms with Gasteiger partial charge in [-0.3, -0.25) is 0 Å². The maximum absolute atomic E-state index is 14.4. The van der Waals surface area contributed by atoms with Crippen molar-refractivity contribution in [3.8, 4) is 0 Å². The van der Waals surface area contributed by atoms with E-state index in [2.05, 4.69) is 16.9 Å². The lowest BCUT2D eigenvalue weighted by Crippen LogP contribution is -2.26. The number of nitrogens with zero attached hydrogens (tertiary/aromatic N) is 3. The number of rotatable bonds is 6. The number of aryl methyl sites for hydroxylation is 1. The topological polar surface area (TPSA) is 55.0 Å². The smallest absolute Gasteiger partial charge is 0.187 e. The second-order valence-corrected chi connectivity index (χ2v) is 4.98. The molecular weight excluding hydrogens is 267 g/mol. The SMILES string of the molecule is CCCN(Cc1cccc(N)c1)c1ncnc(CC)c1F. The van der Waals surface area contributed by atoms with Crippen molar-refractivity contribution in [2.75, 3.05) is 17.2 Å². The predicted molar refractivity (Wildman–Crippen MR) is 83.6 cm³/mol. The Hall–Kier alpha value is -2.17. The molecule has 5 heteroatoms. The number of anilines is 2. The summed E-state index contributed by atoms with van der Waals surface area (Å²) in [5.74, 6) is 0.0449. The zero-order chi connectivity index (χ0) is 15.2. The molecule has 0 saturated carbocycles. The van der Waals surface area contributed by atoms with E-state index < -0.39 is 0 Å². The van der Waals surface area contributed by atoms with Crippen LogP contribution in [0.25, 0.3) is 0 Å². The second kappa shape index (κ2) is 7.02. The monoisotopic (exact) mass is 288 g/mol. The summed E-state index contributed by atoms with van der Waals surface area (Å²) < 4.78 is 14.4. The highest BCUT2D eigenvalue weighted by atomic mass is 19.1. The Morgan fingerprint density at radius 2 is 2.05 bits per heavy atom. The molecule has 0 aliphatic heterocycles. The molecule has 1 aromatic carbocycles. The number of nitrogens with two attached hydrogens (primary N) is 1. The number of aromatic nitrogens is 2. The molecule has 0 bridgehead atoms. The zero-order valence-corrected chi connectivity index (χ0v) is 12.5. The number of hydrogen-bond acceptors (Lipinski definition) is 4. The van der Waals surface area contributed by atoms with Crippen LogP contribution in [0.5, 0.6) is 0 Å². The summed E-state index contributed by atoms with van der Waals surface area (Å²) in [6, 6.07) is 7.64. The van der Waals surface area contributed by atoms with Gasteiger partial charge in [0.05, 0.1) is 5.69 Å². The number of benzene rings is 1. The van der Waals surface area contributed by atoms with E-state index in [1.54, 1.807) is 0 Å². The third kappa shape index (κ3) is 3.68. The molecule has 2 rings (SSSR count). The minimum Gasteiger partial charge on any atom is -0.399 e. The van der Waals surface area contributed by atoms with Crippen molar-refractivity contribution in [1.82, 2.24) is 9.97 Å². The van der Waals surface area contributed by atoms with Gasteiger partial charge in [0.15, 0.2) is 11.6 Å². The summed E-state index contributed by atoms with van der Waals surface area (Å²) in [6.45, 7) is 5.26. The van der Waals surface area contributed by atoms with Gasteiger partial charge >= 0.3 is 0 Å². The first-order valence-electron chi connectivity index (χ1n) is 7.24. The van der Waals surface area contributed by atoms with Crippen LogP contribution in [0.1, 0.15) is 31.5 Å². The highest BCUT2D eigenvalue weighted by Gasteiger charge is 2.16. The van der Waals surface area contributed by atoms with Gasteiger partial charge in [0.25, 0.3) is 0 Å². The third-order valence-electron chi connectivity index (χ3n) is 3.30. The largest absolute Gasteiger partial charge is 0.399 e. The summed E-state index contributed by atoms with van der Waals surface area (Å²) in [6.07, 6.45) is 2.89. The average Bonchev–Trinajstić information content (AvgIpc) is 2.47. The molecule has 0 unspecified atom stereocenters. The first-order valence-corrected chi connectivity index (χ1v) is 7.24. The van der Waals surface area contributed by atoms with Crippen molar-refractivity contribution in [2.45, 2.75) is 33.2 Å². The molecule has 2 aromatic rings. The van der Waals surface area contributed by atoms with Crippen molar-refractivity contribution in [1.29, 1.82) is 0 Å². The van der Waals surface area contributed by atoms with Crippen LogP contribution in [-0.4, -0.2) is 16.5 Å². The molecule has 0 amide bonds. The van der Waals surface area contributed by atoms with Crippen molar-refractivity contribution < 1.29 is 4.39 Å². The zero-order valence-electron chi connectivity index (χ0n) is 12.5. The van der Waals surface area contributed by atoms with Gasteiger partial charge in [0.1, 0.15) is 6.33 Å². The quantitative estimate of drug-likeness (QED) is 0.829. The number of hydrogen-bond donors (Lipinski definition) is 1. The normalized spacial score (nSPS) is 10.6. The molecule has 1 heterocycles. The minimum atomic E-state index is -0.322. The standard InChI is InChI=1S/C16H21FN4/c1-3-8-21(10-12-6-5-7-13(18)9-12)16-15(17)14(4-2)19-11-20-16/h5-7,9,11H,3-4,8,10,18H2,1-2H3.